The number of hydrogen-bond acceptors (Lipinski definition) is 2. The topological polar surface area (TPSA) is 20.3 Å². The van der Waals surface area contributed by atoms with Gasteiger partial charge >= 0.3 is 0 Å². The van der Waals surface area contributed by atoms with E-state index in [9.17, 15) is 4.79 Å². The largest absolute Gasteiger partial charge is 0.300 e. The summed E-state index contributed by atoms with van der Waals surface area (Å²) in [6.07, 6.45) is 1.40. The molecule has 1 aliphatic heterocycles. The highest BCUT2D eigenvalue weighted by molar-refractivity contribution is 5.79. The highest BCUT2D eigenvalue weighted by Gasteiger charge is 2.21. The monoisotopic (exact) mass is 165 g/mol. The molecule has 0 N–H and O–H groups in total. The van der Waals surface area contributed by atoms with Gasteiger partial charge in [0.1, 0.15) is 5.78 Å². The first-order chi connectivity index (χ1) is 5.74. The predicted octanol–water partition coefficient (Wildman–Crippen LogP) is 1.06. The number of nitrogens with zero attached hydrogens (tertiary/aromatic N) is 1. The zero-order valence-corrected chi connectivity index (χ0v) is 7.76. The van der Waals surface area contributed by atoms with Crippen molar-refractivity contribution in [3.05, 3.63) is 0 Å². The zero-order valence-electron chi connectivity index (χ0n) is 7.76. The molecule has 1 aliphatic rings. The molecular weight excluding hydrogens is 150 g/mol. The third-order valence-corrected chi connectivity index (χ3v) is 2.28. The van der Waals surface area contributed by atoms with E-state index in [1.807, 2.05) is 6.92 Å². The molecule has 1 saturated heterocycles. The summed E-state index contributed by atoms with van der Waals surface area (Å²) in [6, 6.07) is 0.382. The van der Waals surface area contributed by atoms with Crippen LogP contribution in [0.4, 0.5) is 0 Å². The maximum absolute atomic E-state index is 11.0. The lowest BCUT2D eigenvalue weighted by Crippen LogP contribution is -2.41. The summed E-state index contributed by atoms with van der Waals surface area (Å²) in [6.45, 7) is 5.63. The number of piperidine rings is 1. The van der Waals surface area contributed by atoms with E-state index in [1.165, 1.54) is 0 Å². The molecule has 2 nitrogen and oxygen atoms in total. The Hall–Kier alpha value is -0.810. The van der Waals surface area contributed by atoms with Crippen molar-refractivity contribution >= 4 is 5.78 Å². The number of likely N-dealkylation sites (tertiary alicyclic amines) is 1. The minimum atomic E-state index is 0.382. The maximum Gasteiger partial charge on any atom is 0.135 e. The van der Waals surface area contributed by atoms with Gasteiger partial charge in [0.2, 0.25) is 0 Å². The number of carbonyl (C=O) groups is 1. The van der Waals surface area contributed by atoms with E-state index in [1.54, 1.807) is 0 Å². The number of carbonyl (C=O) groups excluding carboxylic acids is 1. The fourth-order valence-corrected chi connectivity index (χ4v) is 1.46. The van der Waals surface area contributed by atoms with E-state index in [4.69, 9.17) is 0 Å². The van der Waals surface area contributed by atoms with Crippen LogP contribution in [0.5, 0.6) is 0 Å². The van der Waals surface area contributed by atoms with Crippen molar-refractivity contribution in [3.8, 4) is 11.8 Å². The first-order valence-corrected chi connectivity index (χ1v) is 4.39. The van der Waals surface area contributed by atoms with Gasteiger partial charge in [0.15, 0.2) is 0 Å². The van der Waals surface area contributed by atoms with E-state index in [0.717, 1.165) is 13.1 Å². The van der Waals surface area contributed by atoms with Gasteiger partial charge in [-0.15, -0.1) is 5.92 Å². The van der Waals surface area contributed by atoms with Crippen LogP contribution in [0.2, 0.25) is 0 Å². The fourth-order valence-electron chi connectivity index (χ4n) is 1.46. The second-order valence-corrected chi connectivity index (χ2v) is 3.24. The van der Waals surface area contributed by atoms with Crippen LogP contribution in [0, 0.1) is 11.8 Å². The van der Waals surface area contributed by atoms with Gasteiger partial charge in [-0.3, -0.25) is 9.69 Å². The Labute approximate surface area is 73.9 Å². The summed E-state index contributed by atoms with van der Waals surface area (Å²) in [7, 11) is 0. The number of Topliss-reactive ketones (excluding diaryl/α,β-unsaturated/α-hetero) is 1. The Balaban J connectivity index is 2.43. The molecule has 1 unspecified atom stereocenters. The SMILES string of the molecule is CC#CCN1CCC(=O)CC1C. The predicted molar refractivity (Wildman–Crippen MR) is 48.7 cm³/mol. The lowest BCUT2D eigenvalue weighted by atomic mass is 10.0. The van der Waals surface area contributed by atoms with Crippen molar-refractivity contribution in [1.82, 2.24) is 4.90 Å². The van der Waals surface area contributed by atoms with Crippen molar-refractivity contribution in [2.75, 3.05) is 13.1 Å². The molecule has 1 fully saturated rings. The van der Waals surface area contributed by atoms with Crippen molar-refractivity contribution in [1.29, 1.82) is 0 Å². The molecule has 0 amide bonds. The Kier molecular flexibility index (Phi) is 3.31. The minimum absolute atomic E-state index is 0.382. The van der Waals surface area contributed by atoms with Gasteiger partial charge in [0, 0.05) is 25.4 Å². The molecule has 0 aliphatic carbocycles. The van der Waals surface area contributed by atoms with E-state index in [-0.39, 0.29) is 0 Å². The summed E-state index contributed by atoms with van der Waals surface area (Å²) in [5.74, 6) is 6.29. The Morgan fingerprint density at radius 2 is 2.42 bits per heavy atom. The molecular formula is C10H15NO. The van der Waals surface area contributed by atoms with Gasteiger partial charge in [-0.2, -0.15) is 0 Å². The molecule has 0 saturated carbocycles. The number of hydrogen-bond donors (Lipinski definition) is 0. The van der Waals surface area contributed by atoms with E-state index in [2.05, 4.69) is 23.7 Å². The van der Waals surface area contributed by atoms with Gasteiger partial charge in [-0.1, -0.05) is 5.92 Å². The summed E-state index contributed by atoms with van der Waals surface area (Å²) >= 11 is 0. The van der Waals surface area contributed by atoms with Crippen molar-refractivity contribution in [2.45, 2.75) is 32.7 Å². The minimum Gasteiger partial charge on any atom is -0.300 e. The van der Waals surface area contributed by atoms with Crippen LogP contribution in [-0.4, -0.2) is 29.8 Å². The molecule has 2 heteroatoms. The molecule has 1 rings (SSSR count). The first-order valence-electron chi connectivity index (χ1n) is 4.39. The van der Waals surface area contributed by atoms with Crippen LogP contribution >= 0.6 is 0 Å². The second kappa shape index (κ2) is 4.27. The number of ketones is 1. The molecule has 0 aromatic carbocycles. The third-order valence-electron chi connectivity index (χ3n) is 2.28. The summed E-state index contributed by atoms with van der Waals surface area (Å²) in [4.78, 5) is 13.3. The standard InChI is InChI=1S/C10H15NO/c1-3-4-6-11-7-5-10(12)8-9(11)2/h9H,5-8H2,1-2H3. The van der Waals surface area contributed by atoms with Crippen molar-refractivity contribution < 1.29 is 4.79 Å². The van der Waals surface area contributed by atoms with Crippen LogP contribution in [0.3, 0.4) is 0 Å². The average Bonchev–Trinajstić information content (AvgIpc) is 2.03. The van der Waals surface area contributed by atoms with Gasteiger partial charge in [-0.25, -0.2) is 0 Å². The normalized spacial score (nSPS) is 24.8. The van der Waals surface area contributed by atoms with Crippen LogP contribution < -0.4 is 0 Å². The second-order valence-electron chi connectivity index (χ2n) is 3.24. The highest BCUT2D eigenvalue weighted by atomic mass is 16.1. The van der Waals surface area contributed by atoms with Gasteiger partial charge < -0.3 is 0 Å². The Morgan fingerprint density at radius 1 is 1.67 bits per heavy atom. The molecule has 0 spiro atoms. The Morgan fingerprint density at radius 3 is 3.00 bits per heavy atom. The zero-order chi connectivity index (χ0) is 8.97. The lowest BCUT2D eigenvalue weighted by molar-refractivity contribution is -0.122. The Bertz CT molecular complexity index is 224. The van der Waals surface area contributed by atoms with Crippen molar-refractivity contribution in [2.24, 2.45) is 0 Å². The summed E-state index contributed by atoms with van der Waals surface area (Å²) in [5, 5.41) is 0. The van der Waals surface area contributed by atoms with Crippen molar-refractivity contribution in [3.63, 3.8) is 0 Å². The van der Waals surface area contributed by atoms with Crippen LogP contribution in [0.25, 0.3) is 0 Å². The van der Waals surface area contributed by atoms with Gasteiger partial charge in [0.05, 0.1) is 6.54 Å². The fraction of sp³-hybridized carbons (Fsp3) is 0.700. The molecule has 1 atom stereocenters. The van der Waals surface area contributed by atoms with Crippen LogP contribution in [0.1, 0.15) is 26.7 Å². The van der Waals surface area contributed by atoms with Gasteiger partial charge in [-0.05, 0) is 13.8 Å². The molecule has 0 aromatic heterocycles. The average molecular weight is 165 g/mol. The summed E-state index contributed by atoms with van der Waals surface area (Å²) < 4.78 is 0. The van der Waals surface area contributed by atoms with E-state index >= 15 is 0 Å². The summed E-state index contributed by atoms with van der Waals surface area (Å²) in [5.41, 5.74) is 0. The molecule has 0 bridgehead atoms. The molecule has 66 valence electrons. The van der Waals surface area contributed by atoms with E-state index in [0.29, 0.717) is 24.7 Å². The highest BCUT2D eigenvalue weighted by Crippen LogP contribution is 2.12. The van der Waals surface area contributed by atoms with Crippen LogP contribution in [-0.2, 0) is 4.79 Å². The molecule has 0 radical (unpaired) electrons. The molecule has 12 heavy (non-hydrogen) atoms. The smallest absolute Gasteiger partial charge is 0.135 e. The van der Waals surface area contributed by atoms with Crippen LogP contribution in [0.15, 0.2) is 0 Å². The van der Waals surface area contributed by atoms with Gasteiger partial charge in [0.25, 0.3) is 0 Å². The molecule has 1 heterocycles. The first kappa shape index (κ1) is 9.28. The lowest BCUT2D eigenvalue weighted by Gasteiger charge is -2.30. The number of rotatable bonds is 1. The quantitative estimate of drug-likeness (QED) is 0.541. The maximum atomic E-state index is 11.0. The van der Waals surface area contributed by atoms with E-state index < -0.39 is 0 Å². The molecule has 0 aromatic rings. The third kappa shape index (κ3) is 2.35.